The van der Waals surface area contributed by atoms with Crippen LogP contribution in [0.4, 0.5) is 0 Å². The lowest BCUT2D eigenvalue weighted by atomic mass is 10.1. The molecule has 3 rings (SSSR count). The third-order valence-corrected chi connectivity index (χ3v) is 3.81. The monoisotopic (exact) mass is 349 g/mol. The van der Waals surface area contributed by atoms with Crippen molar-refractivity contribution in [1.29, 1.82) is 0 Å². The van der Waals surface area contributed by atoms with E-state index in [1.165, 1.54) is 0 Å². The van der Waals surface area contributed by atoms with Crippen LogP contribution in [-0.2, 0) is 6.54 Å². The van der Waals surface area contributed by atoms with E-state index in [0.717, 1.165) is 22.5 Å². The summed E-state index contributed by atoms with van der Waals surface area (Å²) in [5.41, 5.74) is 9.32. The van der Waals surface area contributed by atoms with Crippen molar-refractivity contribution in [3.05, 3.63) is 66.1 Å². The second-order valence-electron chi connectivity index (χ2n) is 7.14. The van der Waals surface area contributed by atoms with Crippen molar-refractivity contribution in [3.8, 4) is 16.9 Å². The molecule has 2 heterocycles. The number of nitrogens with zero attached hydrogens (tertiary/aromatic N) is 3. The molecule has 1 amide bonds. The van der Waals surface area contributed by atoms with E-state index in [1.807, 2.05) is 57.2 Å². The molecule has 0 bridgehead atoms. The summed E-state index contributed by atoms with van der Waals surface area (Å²) >= 11 is 0. The number of benzene rings is 1. The Labute approximate surface area is 153 Å². The highest BCUT2D eigenvalue weighted by molar-refractivity contribution is 5.94. The van der Waals surface area contributed by atoms with E-state index < -0.39 is 0 Å². The molecule has 0 aliphatic carbocycles. The van der Waals surface area contributed by atoms with Crippen LogP contribution in [0.2, 0.25) is 0 Å². The first-order chi connectivity index (χ1) is 12.4. The van der Waals surface area contributed by atoms with Gasteiger partial charge in [0.2, 0.25) is 0 Å². The molecular weight excluding hydrogens is 326 g/mol. The normalized spacial score (nSPS) is 11.4. The topological polar surface area (TPSA) is 85.8 Å². The van der Waals surface area contributed by atoms with Gasteiger partial charge in [0, 0.05) is 23.8 Å². The van der Waals surface area contributed by atoms with Crippen molar-refractivity contribution >= 4 is 5.91 Å². The molecule has 0 atom stereocenters. The van der Waals surface area contributed by atoms with Gasteiger partial charge in [0.15, 0.2) is 5.69 Å². The lowest BCUT2D eigenvalue weighted by molar-refractivity contribution is 0.0914. The molecule has 0 spiro atoms. The van der Waals surface area contributed by atoms with Crippen molar-refractivity contribution in [1.82, 2.24) is 20.1 Å². The molecule has 3 aromatic rings. The molecule has 134 valence electrons. The Morgan fingerprint density at radius 1 is 1.19 bits per heavy atom. The van der Waals surface area contributed by atoms with Gasteiger partial charge in [-0.2, -0.15) is 5.10 Å². The lowest BCUT2D eigenvalue weighted by Crippen LogP contribution is -2.40. The van der Waals surface area contributed by atoms with Gasteiger partial charge in [-0.3, -0.25) is 9.78 Å². The molecule has 1 aromatic carbocycles. The fraction of sp³-hybridized carbons (Fsp3) is 0.250. The molecule has 0 unspecified atom stereocenters. The predicted octanol–water partition coefficient (Wildman–Crippen LogP) is 2.92. The Morgan fingerprint density at radius 2 is 1.92 bits per heavy atom. The second kappa shape index (κ2) is 7.09. The first-order valence-corrected chi connectivity index (χ1v) is 8.50. The Morgan fingerprint density at radius 3 is 2.50 bits per heavy atom. The van der Waals surface area contributed by atoms with Gasteiger partial charge in [0.1, 0.15) is 0 Å². The number of nitrogens with two attached hydrogens (primary N) is 1. The van der Waals surface area contributed by atoms with Crippen LogP contribution in [0.3, 0.4) is 0 Å². The number of pyridine rings is 1. The minimum Gasteiger partial charge on any atom is -0.346 e. The fourth-order valence-electron chi connectivity index (χ4n) is 2.59. The van der Waals surface area contributed by atoms with Gasteiger partial charge in [0.25, 0.3) is 5.91 Å². The number of carbonyl (C=O) groups excluding carboxylic acids is 1. The number of aromatic nitrogens is 3. The van der Waals surface area contributed by atoms with Gasteiger partial charge in [-0.25, -0.2) is 4.68 Å². The zero-order valence-corrected chi connectivity index (χ0v) is 15.2. The number of hydrogen-bond acceptors (Lipinski definition) is 4. The molecule has 0 saturated heterocycles. The fourth-order valence-corrected chi connectivity index (χ4v) is 2.59. The molecule has 2 aromatic heterocycles. The van der Waals surface area contributed by atoms with Crippen LogP contribution >= 0.6 is 0 Å². The van der Waals surface area contributed by atoms with Gasteiger partial charge >= 0.3 is 0 Å². The van der Waals surface area contributed by atoms with Crippen LogP contribution in [0.5, 0.6) is 0 Å². The molecular formula is C20H23N5O. The number of carbonyl (C=O) groups is 1. The Kier molecular flexibility index (Phi) is 4.86. The average molecular weight is 349 g/mol. The molecule has 0 radical (unpaired) electrons. The summed E-state index contributed by atoms with van der Waals surface area (Å²) in [6, 6.07) is 13.5. The second-order valence-corrected chi connectivity index (χ2v) is 7.14. The molecule has 6 heteroatoms. The quantitative estimate of drug-likeness (QED) is 0.758. The van der Waals surface area contributed by atoms with E-state index in [9.17, 15) is 4.79 Å². The first-order valence-electron chi connectivity index (χ1n) is 8.50. The van der Waals surface area contributed by atoms with Crippen molar-refractivity contribution < 1.29 is 4.79 Å². The summed E-state index contributed by atoms with van der Waals surface area (Å²) in [7, 11) is 0. The highest BCUT2D eigenvalue weighted by Crippen LogP contribution is 2.24. The average Bonchev–Trinajstić information content (AvgIpc) is 3.07. The van der Waals surface area contributed by atoms with E-state index in [4.69, 9.17) is 5.73 Å². The lowest BCUT2D eigenvalue weighted by Gasteiger charge is -2.19. The van der Waals surface area contributed by atoms with Crippen molar-refractivity contribution in [3.63, 3.8) is 0 Å². The van der Waals surface area contributed by atoms with Crippen LogP contribution in [0.1, 0.15) is 36.8 Å². The van der Waals surface area contributed by atoms with Crippen LogP contribution in [0, 0.1) is 0 Å². The van der Waals surface area contributed by atoms with E-state index in [2.05, 4.69) is 15.4 Å². The van der Waals surface area contributed by atoms with Gasteiger partial charge in [0.05, 0.1) is 17.6 Å². The van der Waals surface area contributed by atoms with E-state index >= 15 is 0 Å². The highest BCUT2D eigenvalue weighted by Gasteiger charge is 2.20. The maximum Gasteiger partial charge on any atom is 0.272 e. The van der Waals surface area contributed by atoms with Gasteiger partial charge < -0.3 is 11.1 Å². The number of rotatable bonds is 4. The van der Waals surface area contributed by atoms with Crippen molar-refractivity contribution in [2.24, 2.45) is 5.73 Å². The smallest absolute Gasteiger partial charge is 0.272 e. The third kappa shape index (κ3) is 3.97. The molecule has 0 aliphatic heterocycles. The molecule has 0 saturated carbocycles. The molecule has 3 N–H and O–H groups in total. The highest BCUT2D eigenvalue weighted by atomic mass is 16.2. The largest absolute Gasteiger partial charge is 0.346 e. The Hall–Kier alpha value is -2.99. The van der Waals surface area contributed by atoms with Crippen LogP contribution in [-0.4, -0.2) is 26.2 Å². The summed E-state index contributed by atoms with van der Waals surface area (Å²) in [5.74, 6) is -0.208. The van der Waals surface area contributed by atoms with Crippen LogP contribution in [0.25, 0.3) is 16.9 Å². The standard InChI is InChI=1S/C20H23N5O/c1-20(2,3)23-19(26)17-11-18(15-8-6-14(12-21)7-9-15)25(24-17)16-5-4-10-22-13-16/h4-11,13H,12,21H2,1-3H3,(H,23,26). The molecule has 0 fully saturated rings. The Balaban J connectivity index is 2.07. The van der Waals surface area contributed by atoms with E-state index in [0.29, 0.717) is 12.2 Å². The first kappa shape index (κ1) is 17.8. The molecule has 6 nitrogen and oxygen atoms in total. The SMILES string of the molecule is CC(C)(C)NC(=O)c1cc(-c2ccc(CN)cc2)n(-c2cccnc2)n1. The van der Waals surface area contributed by atoms with E-state index in [-0.39, 0.29) is 11.4 Å². The minimum absolute atomic E-state index is 0.208. The maximum atomic E-state index is 12.6. The number of hydrogen-bond donors (Lipinski definition) is 2. The summed E-state index contributed by atoms with van der Waals surface area (Å²) in [6.07, 6.45) is 3.42. The molecule has 0 aliphatic rings. The van der Waals surface area contributed by atoms with Gasteiger partial charge in [-0.1, -0.05) is 24.3 Å². The van der Waals surface area contributed by atoms with Crippen molar-refractivity contribution in [2.75, 3.05) is 0 Å². The van der Waals surface area contributed by atoms with Crippen LogP contribution < -0.4 is 11.1 Å². The molecule has 26 heavy (non-hydrogen) atoms. The minimum atomic E-state index is -0.335. The van der Waals surface area contributed by atoms with Gasteiger partial charge in [-0.15, -0.1) is 0 Å². The van der Waals surface area contributed by atoms with E-state index in [1.54, 1.807) is 23.1 Å². The third-order valence-electron chi connectivity index (χ3n) is 3.81. The van der Waals surface area contributed by atoms with Gasteiger partial charge in [-0.05, 0) is 44.5 Å². The maximum absolute atomic E-state index is 12.6. The van der Waals surface area contributed by atoms with Crippen molar-refractivity contribution in [2.45, 2.75) is 32.9 Å². The number of amides is 1. The predicted molar refractivity (Wildman–Crippen MR) is 102 cm³/mol. The zero-order chi connectivity index (χ0) is 18.7. The summed E-state index contributed by atoms with van der Waals surface area (Å²) in [6.45, 7) is 6.31. The van der Waals surface area contributed by atoms with Crippen LogP contribution in [0.15, 0.2) is 54.9 Å². The summed E-state index contributed by atoms with van der Waals surface area (Å²) in [4.78, 5) is 16.7. The Bertz CT molecular complexity index is 892. The summed E-state index contributed by atoms with van der Waals surface area (Å²) in [5, 5.41) is 7.47. The summed E-state index contributed by atoms with van der Waals surface area (Å²) < 4.78 is 1.74. The zero-order valence-electron chi connectivity index (χ0n) is 15.2. The number of nitrogens with one attached hydrogen (secondary N) is 1.